The average Bonchev–Trinajstić information content (AvgIpc) is 2.70. The minimum Gasteiger partial charge on any atom is -0.494 e. The standard InChI is InChI=1S/C22H22N2O3/c1-3-26-18-12-10-16-11-13-21(27-4-2)20(19(16)14-18)15-23-24-22(25)17-8-6-5-7-9-17/h5-15H,3-4H2,1-2H3,(H,24,25)/b23-15+. The Labute approximate surface area is 158 Å². The Balaban J connectivity index is 1.93. The first-order chi connectivity index (χ1) is 13.2. The summed E-state index contributed by atoms with van der Waals surface area (Å²) in [5.41, 5.74) is 3.91. The fourth-order valence-electron chi connectivity index (χ4n) is 2.78. The van der Waals surface area contributed by atoms with Gasteiger partial charge in [0.2, 0.25) is 0 Å². The van der Waals surface area contributed by atoms with Crippen LogP contribution in [0.25, 0.3) is 10.8 Å². The van der Waals surface area contributed by atoms with Gasteiger partial charge in [-0.15, -0.1) is 0 Å². The molecule has 3 aromatic carbocycles. The summed E-state index contributed by atoms with van der Waals surface area (Å²) in [6.07, 6.45) is 1.61. The smallest absolute Gasteiger partial charge is 0.271 e. The highest BCUT2D eigenvalue weighted by Crippen LogP contribution is 2.30. The quantitative estimate of drug-likeness (QED) is 0.500. The summed E-state index contributed by atoms with van der Waals surface area (Å²) in [4.78, 5) is 12.2. The molecule has 0 spiro atoms. The molecule has 0 aliphatic heterocycles. The van der Waals surface area contributed by atoms with Crippen LogP contribution in [0.5, 0.6) is 11.5 Å². The van der Waals surface area contributed by atoms with Gasteiger partial charge in [-0.05, 0) is 55.0 Å². The Hall–Kier alpha value is -3.34. The normalized spacial score (nSPS) is 10.9. The molecular weight excluding hydrogens is 340 g/mol. The van der Waals surface area contributed by atoms with E-state index >= 15 is 0 Å². The van der Waals surface area contributed by atoms with Gasteiger partial charge in [-0.2, -0.15) is 5.10 Å². The van der Waals surface area contributed by atoms with E-state index in [2.05, 4.69) is 10.5 Å². The lowest BCUT2D eigenvalue weighted by atomic mass is 10.0. The van der Waals surface area contributed by atoms with Crippen molar-refractivity contribution in [1.82, 2.24) is 5.43 Å². The van der Waals surface area contributed by atoms with Crippen molar-refractivity contribution in [3.8, 4) is 11.5 Å². The topological polar surface area (TPSA) is 59.9 Å². The van der Waals surface area contributed by atoms with Crippen LogP contribution in [0.3, 0.4) is 0 Å². The predicted molar refractivity (Wildman–Crippen MR) is 108 cm³/mol. The van der Waals surface area contributed by atoms with Crippen LogP contribution < -0.4 is 14.9 Å². The van der Waals surface area contributed by atoms with Crippen LogP contribution in [0.4, 0.5) is 0 Å². The minimum absolute atomic E-state index is 0.264. The van der Waals surface area contributed by atoms with Gasteiger partial charge in [0.25, 0.3) is 5.91 Å². The van der Waals surface area contributed by atoms with Crippen LogP contribution in [0.1, 0.15) is 29.8 Å². The van der Waals surface area contributed by atoms with Crippen molar-refractivity contribution >= 4 is 22.9 Å². The molecule has 1 amide bonds. The Morgan fingerprint density at radius 2 is 1.74 bits per heavy atom. The molecule has 0 fully saturated rings. The largest absolute Gasteiger partial charge is 0.494 e. The highest BCUT2D eigenvalue weighted by atomic mass is 16.5. The monoisotopic (exact) mass is 362 g/mol. The van der Waals surface area contributed by atoms with Crippen molar-refractivity contribution in [1.29, 1.82) is 0 Å². The lowest BCUT2D eigenvalue weighted by molar-refractivity contribution is 0.0955. The van der Waals surface area contributed by atoms with E-state index in [0.717, 1.165) is 22.1 Å². The van der Waals surface area contributed by atoms with Gasteiger partial charge < -0.3 is 9.47 Å². The summed E-state index contributed by atoms with van der Waals surface area (Å²) in [7, 11) is 0. The number of hydrazone groups is 1. The molecular formula is C22H22N2O3. The van der Waals surface area contributed by atoms with Crippen molar-refractivity contribution < 1.29 is 14.3 Å². The molecule has 1 N–H and O–H groups in total. The number of nitrogens with zero attached hydrogens (tertiary/aromatic N) is 1. The summed E-state index contributed by atoms with van der Waals surface area (Å²) in [5.74, 6) is 1.22. The first-order valence-electron chi connectivity index (χ1n) is 8.93. The van der Waals surface area contributed by atoms with E-state index in [-0.39, 0.29) is 5.91 Å². The molecule has 3 rings (SSSR count). The van der Waals surface area contributed by atoms with E-state index in [4.69, 9.17) is 9.47 Å². The van der Waals surface area contributed by atoms with Gasteiger partial charge in [-0.3, -0.25) is 4.79 Å². The zero-order valence-corrected chi connectivity index (χ0v) is 15.4. The Bertz CT molecular complexity index is 947. The maximum Gasteiger partial charge on any atom is 0.271 e. The zero-order chi connectivity index (χ0) is 19.1. The van der Waals surface area contributed by atoms with Gasteiger partial charge in [0, 0.05) is 11.1 Å². The Morgan fingerprint density at radius 1 is 1.00 bits per heavy atom. The van der Waals surface area contributed by atoms with E-state index in [9.17, 15) is 4.79 Å². The van der Waals surface area contributed by atoms with Crippen LogP contribution in [0.15, 0.2) is 65.8 Å². The molecule has 0 atom stereocenters. The number of hydrogen-bond acceptors (Lipinski definition) is 4. The summed E-state index contributed by atoms with van der Waals surface area (Å²) < 4.78 is 11.4. The third-order valence-corrected chi connectivity index (χ3v) is 4.00. The summed E-state index contributed by atoms with van der Waals surface area (Å²) in [6.45, 7) is 5.00. The predicted octanol–water partition coefficient (Wildman–Crippen LogP) is 4.40. The Kier molecular flexibility index (Phi) is 6.05. The van der Waals surface area contributed by atoms with E-state index < -0.39 is 0 Å². The lowest BCUT2D eigenvalue weighted by Gasteiger charge is -2.12. The highest BCUT2D eigenvalue weighted by molar-refractivity contribution is 6.03. The Morgan fingerprint density at radius 3 is 2.48 bits per heavy atom. The molecule has 0 saturated heterocycles. The molecule has 0 heterocycles. The number of amides is 1. The van der Waals surface area contributed by atoms with Crippen molar-refractivity contribution in [2.45, 2.75) is 13.8 Å². The van der Waals surface area contributed by atoms with E-state index in [0.29, 0.717) is 24.5 Å². The van der Waals surface area contributed by atoms with E-state index in [1.807, 2.05) is 62.4 Å². The number of ether oxygens (including phenoxy) is 2. The molecule has 5 nitrogen and oxygen atoms in total. The highest BCUT2D eigenvalue weighted by Gasteiger charge is 2.09. The van der Waals surface area contributed by atoms with Gasteiger partial charge in [0.15, 0.2) is 0 Å². The van der Waals surface area contributed by atoms with Gasteiger partial charge in [-0.25, -0.2) is 5.43 Å². The van der Waals surface area contributed by atoms with Gasteiger partial charge >= 0.3 is 0 Å². The zero-order valence-electron chi connectivity index (χ0n) is 15.4. The molecule has 0 radical (unpaired) electrons. The number of rotatable bonds is 7. The van der Waals surface area contributed by atoms with Gasteiger partial charge in [0.1, 0.15) is 11.5 Å². The molecule has 3 aromatic rings. The molecule has 27 heavy (non-hydrogen) atoms. The molecule has 0 unspecified atom stereocenters. The maximum atomic E-state index is 12.2. The van der Waals surface area contributed by atoms with Crippen molar-refractivity contribution in [2.24, 2.45) is 5.10 Å². The third-order valence-electron chi connectivity index (χ3n) is 4.00. The fourth-order valence-corrected chi connectivity index (χ4v) is 2.78. The second-order valence-corrected chi connectivity index (χ2v) is 5.79. The van der Waals surface area contributed by atoms with Gasteiger partial charge in [-0.1, -0.05) is 30.3 Å². The molecule has 0 aliphatic rings. The second-order valence-electron chi connectivity index (χ2n) is 5.79. The van der Waals surface area contributed by atoms with Gasteiger partial charge in [0.05, 0.1) is 19.4 Å². The van der Waals surface area contributed by atoms with E-state index in [1.165, 1.54) is 0 Å². The first-order valence-corrected chi connectivity index (χ1v) is 8.93. The van der Waals surface area contributed by atoms with Crippen LogP contribution in [0.2, 0.25) is 0 Å². The fraction of sp³-hybridized carbons (Fsp3) is 0.182. The van der Waals surface area contributed by atoms with Crippen molar-refractivity contribution in [3.05, 3.63) is 71.8 Å². The lowest BCUT2D eigenvalue weighted by Crippen LogP contribution is -2.17. The number of benzene rings is 3. The molecule has 0 bridgehead atoms. The van der Waals surface area contributed by atoms with E-state index in [1.54, 1.807) is 18.3 Å². The van der Waals surface area contributed by atoms with Crippen LogP contribution in [0, 0.1) is 0 Å². The summed E-state index contributed by atoms with van der Waals surface area (Å²) in [5, 5.41) is 6.13. The van der Waals surface area contributed by atoms with Crippen LogP contribution in [-0.4, -0.2) is 25.3 Å². The van der Waals surface area contributed by atoms with Crippen LogP contribution in [-0.2, 0) is 0 Å². The third kappa shape index (κ3) is 4.44. The van der Waals surface area contributed by atoms with Crippen molar-refractivity contribution in [3.63, 3.8) is 0 Å². The average molecular weight is 362 g/mol. The molecule has 0 saturated carbocycles. The van der Waals surface area contributed by atoms with Crippen molar-refractivity contribution in [2.75, 3.05) is 13.2 Å². The molecule has 5 heteroatoms. The minimum atomic E-state index is -0.264. The number of carbonyl (C=O) groups is 1. The maximum absolute atomic E-state index is 12.2. The SMILES string of the molecule is CCOc1ccc2ccc(OCC)c(/C=N/NC(=O)c3ccccc3)c2c1. The molecule has 138 valence electrons. The number of fused-ring (bicyclic) bond motifs is 1. The van der Waals surface area contributed by atoms with Crippen LogP contribution >= 0.6 is 0 Å². The molecule has 0 aliphatic carbocycles. The summed E-state index contributed by atoms with van der Waals surface area (Å²) >= 11 is 0. The number of carbonyl (C=O) groups excluding carboxylic acids is 1. The summed E-state index contributed by atoms with van der Waals surface area (Å²) in [6, 6.07) is 18.8. The molecule has 0 aromatic heterocycles. The first kappa shape index (κ1) is 18.5. The second kappa shape index (κ2) is 8.85. The number of hydrogen-bond donors (Lipinski definition) is 1. The number of nitrogens with one attached hydrogen (secondary N) is 1.